The zero-order valence-electron chi connectivity index (χ0n) is 7.25. The highest BCUT2D eigenvalue weighted by molar-refractivity contribution is 5.65. The van der Waals surface area contributed by atoms with Crippen LogP contribution >= 0.6 is 0 Å². The molecule has 0 fully saturated rings. The van der Waals surface area contributed by atoms with Crippen LogP contribution in [0.4, 0.5) is 11.4 Å². The summed E-state index contributed by atoms with van der Waals surface area (Å²) < 4.78 is 0. The molecule has 1 rings (SSSR count). The number of hydrogen-bond donors (Lipinski definition) is 2. The minimum atomic E-state index is 0.794. The van der Waals surface area contributed by atoms with Crippen molar-refractivity contribution in [2.24, 2.45) is 0 Å². The van der Waals surface area contributed by atoms with Crippen LogP contribution in [0.3, 0.4) is 0 Å². The second-order valence-corrected chi connectivity index (χ2v) is 2.54. The maximum Gasteiger partial charge on any atom is 0.0576 e. The summed E-state index contributed by atoms with van der Waals surface area (Å²) >= 11 is 0. The fourth-order valence-corrected chi connectivity index (χ4v) is 0.945. The van der Waals surface area contributed by atoms with Crippen molar-refractivity contribution in [1.82, 2.24) is 0 Å². The van der Waals surface area contributed by atoms with E-state index in [1.165, 1.54) is 0 Å². The Morgan fingerprint density at radius 2 is 2.17 bits per heavy atom. The Bertz CT molecular complexity index is 266. The Morgan fingerprint density at radius 3 is 2.83 bits per heavy atom. The second kappa shape index (κ2) is 4.44. The van der Waals surface area contributed by atoms with Crippen molar-refractivity contribution in [1.29, 1.82) is 0 Å². The lowest BCUT2D eigenvalue weighted by atomic mass is 10.3. The zero-order valence-corrected chi connectivity index (χ0v) is 7.25. The smallest absolute Gasteiger partial charge is 0.0576 e. The molecule has 0 atom stereocenters. The fraction of sp³-hybridized carbons (Fsp3) is 0.200. The van der Waals surface area contributed by atoms with E-state index in [4.69, 9.17) is 5.73 Å². The summed E-state index contributed by atoms with van der Waals surface area (Å²) in [6.45, 7) is 2.82. The normalized spacial score (nSPS) is 10.4. The first-order valence-electron chi connectivity index (χ1n) is 4.04. The lowest BCUT2D eigenvalue weighted by Crippen LogP contribution is -2.01. The molecule has 2 nitrogen and oxygen atoms in total. The Balaban J connectivity index is 2.57. The van der Waals surface area contributed by atoms with Gasteiger partial charge in [-0.2, -0.15) is 0 Å². The number of rotatable bonds is 3. The van der Waals surface area contributed by atoms with Crippen molar-refractivity contribution in [2.45, 2.75) is 6.92 Å². The zero-order chi connectivity index (χ0) is 8.81. The number of nitrogens with one attached hydrogen (secondary N) is 1. The molecule has 12 heavy (non-hydrogen) atoms. The molecule has 0 saturated heterocycles. The third-order valence-corrected chi connectivity index (χ3v) is 1.61. The van der Waals surface area contributed by atoms with Gasteiger partial charge < -0.3 is 11.1 Å². The van der Waals surface area contributed by atoms with E-state index in [0.717, 1.165) is 17.9 Å². The molecule has 1 aromatic rings. The number of benzene rings is 1. The second-order valence-electron chi connectivity index (χ2n) is 2.54. The Labute approximate surface area is 73.1 Å². The van der Waals surface area contributed by atoms with Gasteiger partial charge in [0, 0.05) is 6.54 Å². The molecular formula is C10H14N2. The molecule has 0 spiro atoms. The third-order valence-electron chi connectivity index (χ3n) is 1.61. The molecule has 0 unspecified atom stereocenters. The molecule has 2 heteroatoms. The van der Waals surface area contributed by atoms with E-state index in [1.807, 2.05) is 43.3 Å². The predicted octanol–water partition coefficient (Wildman–Crippen LogP) is 2.26. The van der Waals surface area contributed by atoms with Crippen LogP contribution in [0.25, 0.3) is 0 Å². The summed E-state index contributed by atoms with van der Waals surface area (Å²) in [5.41, 5.74) is 7.51. The first-order chi connectivity index (χ1) is 5.84. The standard InChI is InChI=1S/C10H14N2/c1-2-3-8-12-10-7-5-4-6-9(10)11/h2-7,12H,8,11H2,1H3/b3-2+. The van der Waals surface area contributed by atoms with Gasteiger partial charge in [-0.15, -0.1) is 0 Å². The summed E-state index contributed by atoms with van der Waals surface area (Å²) in [5.74, 6) is 0. The van der Waals surface area contributed by atoms with Crippen LogP contribution in [0.1, 0.15) is 6.92 Å². The van der Waals surface area contributed by atoms with Gasteiger partial charge in [0.05, 0.1) is 11.4 Å². The molecule has 0 aliphatic rings. The van der Waals surface area contributed by atoms with Crippen LogP contribution in [0.2, 0.25) is 0 Å². The summed E-state index contributed by atoms with van der Waals surface area (Å²) in [6, 6.07) is 7.75. The SMILES string of the molecule is C/C=C/CNc1ccccc1N. The van der Waals surface area contributed by atoms with Crippen LogP contribution in [0, 0.1) is 0 Å². The predicted molar refractivity (Wildman–Crippen MR) is 54.2 cm³/mol. The Hall–Kier alpha value is -1.44. The van der Waals surface area contributed by atoms with Crippen molar-refractivity contribution in [3.8, 4) is 0 Å². The van der Waals surface area contributed by atoms with Gasteiger partial charge in [0.15, 0.2) is 0 Å². The highest BCUT2D eigenvalue weighted by atomic mass is 14.9. The van der Waals surface area contributed by atoms with E-state index >= 15 is 0 Å². The van der Waals surface area contributed by atoms with Crippen molar-refractivity contribution < 1.29 is 0 Å². The molecule has 0 amide bonds. The average molecular weight is 162 g/mol. The number of nitrogen functional groups attached to an aromatic ring is 1. The molecule has 0 aliphatic carbocycles. The minimum Gasteiger partial charge on any atom is -0.397 e. The number of para-hydroxylation sites is 2. The number of allylic oxidation sites excluding steroid dienone is 1. The van der Waals surface area contributed by atoms with E-state index < -0.39 is 0 Å². The summed E-state index contributed by atoms with van der Waals surface area (Å²) in [4.78, 5) is 0. The highest BCUT2D eigenvalue weighted by Crippen LogP contribution is 2.15. The first-order valence-corrected chi connectivity index (χ1v) is 4.04. The van der Waals surface area contributed by atoms with Crippen LogP contribution in [-0.4, -0.2) is 6.54 Å². The van der Waals surface area contributed by atoms with E-state index in [9.17, 15) is 0 Å². The molecule has 0 aliphatic heterocycles. The van der Waals surface area contributed by atoms with E-state index in [-0.39, 0.29) is 0 Å². The average Bonchev–Trinajstić information content (AvgIpc) is 2.09. The maximum absolute atomic E-state index is 5.72. The molecule has 0 bridgehead atoms. The number of hydrogen-bond acceptors (Lipinski definition) is 2. The van der Waals surface area contributed by atoms with Gasteiger partial charge in [-0.05, 0) is 19.1 Å². The number of anilines is 2. The van der Waals surface area contributed by atoms with Crippen molar-refractivity contribution in [3.05, 3.63) is 36.4 Å². The van der Waals surface area contributed by atoms with Gasteiger partial charge in [-0.25, -0.2) is 0 Å². The van der Waals surface area contributed by atoms with Crippen molar-refractivity contribution >= 4 is 11.4 Å². The molecule has 0 heterocycles. The van der Waals surface area contributed by atoms with Crippen molar-refractivity contribution in [2.75, 3.05) is 17.6 Å². The van der Waals surface area contributed by atoms with Gasteiger partial charge in [0.2, 0.25) is 0 Å². The van der Waals surface area contributed by atoms with Gasteiger partial charge in [-0.1, -0.05) is 24.3 Å². The Kier molecular flexibility index (Phi) is 3.20. The molecule has 0 saturated carbocycles. The quantitative estimate of drug-likeness (QED) is 0.528. The van der Waals surface area contributed by atoms with Crippen LogP contribution in [0.5, 0.6) is 0 Å². The molecule has 64 valence electrons. The van der Waals surface area contributed by atoms with E-state index in [0.29, 0.717) is 0 Å². The third kappa shape index (κ3) is 2.31. The summed E-state index contributed by atoms with van der Waals surface area (Å²) in [5, 5.41) is 3.20. The van der Waals surface area contributed by atoms with Crippen LogP contribution in [0.15, 0.2) is 36.4 Å². The maximum atomic E-state index is 5.72. The van der Waals surface area contributed by atoms with Crippen molar-refractivity contribution in [3.63, 3.8) is 0 Å². The van der Waals surface area contributed by atoms with Crippen LogP contribution < -0.4 is 11.1 Å². The van der Waals surface area contributed by atoms with Crippen LogP contribution in [-0.2, 0) is 0 Å². The highest BCUT2D eigenvalue weighted by Gasteiger charge is 1.92. The number of nitrogens with two attached hydrogens (primary N) is 1. The largest absolute Gasteiger partial charge is 0.397 e. The molecule has 1 aromatic carbocycles. The molecule has 3 N–H and O–H groups in total. The van der Waals surface area contributed by atoms with Gasteiger partial charge >= 0.3 is 0 Å². The van der Waals surface area contributed by atoms with Gasteiger partial charge in [-0.3, -0.25) is 0 Å². The molecule has 0 radical (unpaired) electrons. The summed E-state index contributed by atoms with van der Waals surface area (Å²) in [7, 11) is 0. The lowest BCUT2D eigenvalue weighted by molar-refractivity contribution is 1.33. The Morgan fingerprint density at radius 1 is 1.42 bits per heavy atom. The monoisotopic (exact) mass is 162 g/mol. The fourth-order valence-electron chi connectivity index (χ4n) is 0.945. The lowest BCUT2D eigenvalue weighted by Gasteiger charge is -2.05. The topological polar surface area (TPSA) is 38.0 Å². The van der Waals surface area contributed by atoms with E-state index in [2.05, 4.69) is 5.32 Å². The van der Waals surface area contributed by atoms with Gasteiger partial charge in [0.25, 0.3) is 0 Å². The van der Waals surface area contributed by atoms with E-state index in [1.54, 1.807) is 0 Å². The summed E-state index contributed by atoms with van der Waals surface area (Å²) in [6.07, 6.45) is 4.05. The van der Waals surface area contributed by atoms with Gasteiger partial charge in [0.1, 0.15) is 0 Å². The molecular weight excluding hydrogens is 148 g/mol. The molecule has 0 aromatic heterocycles. The minimum absolute atomic E-state index is 0.794. The first kappa shape index (κ1) is 8.65.